The van der Waals surface area contributed by atoms with Gasteiger partial charge in [0.15, 0.2) is 11.5 Å². The van der Waals surface area contributed by atoms with Gasteiger partial charge in [-0.2, -0.15) is 9.97 Å². The number of imidazole rings is 2. The molecule has 0 spiro atoms. The second-order valence-corrected chi connectivity index (χ2v) is 7.88. The summed E-state index contributed by atoms with van der Waals surface area (Å²) in [4.78, 5) is 23.7. The summed E-state index contributed by atoms with van der Waals surface area (Å²) in [5.41, 5.74) is 5.35. The number of hydrogen-bond acceptors (Lipinski definition) is 8. The molecule has 0 amide bonds. The Morgan fingerprint density at radius 2 is 1.76 bits per heavy atom. The summed E-state index contributed by atoms with van der Waals surface area (Å²) < 4.78 is 7.42. The highest BCUT2D eigenvalue weighted by Gasteiger charge is 2.15. The van der Waals surface area contributed by atoms with Gasteiger partial charge in [-0.25, -0.2) is 9.97 Å². The van der Waals surface area contributed by atoms with Gasteiger partial charge in [0.2, 0.25) is 11.9 Å². The van der Waals surface area contributed by atoms with E-state index in [0.29, 0.717) is 23.4 Å². The molecule has 0 aliphatic carbocycles. The minimum atomic E-state index is 0.417. The number of benzene rings is 2. The lowest BCUT2D eigenvalue weighted by molar-refractivity contribution is 0.122. The molecule has 0 unspecified atom stereocenters. The number of ether oxygens (including phenoxy) is 1. The fraction of sp³-hybridized carbons (Fsp3) is 0.217. The van der Waals surface area contributed by atoms with Crippen molar-refractivity contribution < 1.29 is 4.74 Å². The van der Waals surface area contributed by atoms with Gasteiger partial charge in [0.1, 0.15) is 5.52 Å². The van der Waals surface area contributed by atoms with Gasteiger partial charge in [0, 0.05) is 31.5 Å². The standard InChI is InChI=1S/C23H23N9O/c1-31-18-5-3-2-4-17(18)27-23(31)30-22-28-20-19(24-14-25-20)21(29-22)26-15-6-8-16(9-7-15)32-10-12-33-13-11-32/h2-9,14H,10-13H2,1H3,(H3,24,25,26,27,28,29,30). The van der Waals surface area contributed by atoms with E-state index in [4.69, 9.17) is 9.72 Å². The molecule has 3 aromatic heterocycles. The first-order valence-electron chi connectivity index (χ1n) is 10.8. The molecule has 0 atom stereocenters. The molecular weight excluding hydrogens is 418 g/mol. The average Bonchev–Trinajstić information content (AvgIpc) is 3.45. The van der Waals surface area contributed by atoms with Gasteiger partial charge < -0.3 is 24.5 Å². The van der Waals surface area contributed by atoms with E-state index in [1.807, 2.05) is 48.0 Å². The van der Waals surface area contributed by atoms with Crippen molar-refractivity contribution in [2.24, 2.45) is 7.05 Å². The van der Waals surface area contributed by atoms with E-state index in [2.05, 4.69) is 47.6 Å². The van der Waals surface area contributed by atoms with Crippen LogP contribution in [0.1, 0.15) is 0 Å². The molecule has 4 heterocycles. The van der Waals surface area contributed by atoms with Crippen molar-refractivity contribution in [3.8, 4) is 0 Å². The minimum absolute atomic E-state index is 0.417. The van der Waals surface area contributed by atoms with Crippen molar-refractivity contribution in [1.82, 2.24) is 29.5 Å². The van der Waals surface area contributed by atoms with E-state index < -0.39 is 0 Å². The summed E-state index contributed by atoms with van der Waals surface area (Å²) in [6.45, 7) is 3.34. The maximum Gasteiger partial charge on any atom is 0.233 e. The smallest absolute Gasteiger partial charge is 0.233 e. The van der Waals surface area contributed by atoms with Crippen molar-refractivity contribution in [3.05, 3.63) is 54.9 Å². The molecule has 0 radical (unpaired) electrons. The molecule has 3 N–H and O–H groups in total. The fourth-order valence-corrected chi connectivity index (χ4v) is 4.05. The van der Waals surface area contributed by atoms with Crippen molar-refractivity contribution in [1.29, 1.82) is 0 Å². The summed E-state index contributed by atoms with van der Waals surface area (Å²) >= 11 is 0. The highest BCUT2D eigenvalue weighted by molar-refractivity contribution is 5.87. The van der Waals surface area contributed by atoms with Crippen molar-refractivity contribution in [2.75, 3.05) is 41.8 Å². The molecule has 1 fully saturated rings. The third-order valence-corrected chi connectivity index (χ3v) is 5.80. The maximum atomic E-state index is 5.45. The lowest BCUT2D eigenvalue weighted by atomic mass is 10.2. The lowest BCUT2D eigenvalue weighted by Crippen LogP contribution is -2.36. The van der Waals surface area contributed by atoms with Crippen LogP contribution in [0.3, 0.4) is 0 Å². The Labute approximate surface area is 189 Å². The van der Waals surface area contributed by atoms with Gasteiger partial charge in [-0.15, -0.1) is 0 Å². The lowest BCUT2D eigenvalue weighted by Gasteiger charge is -2.28. The molecular formula is C23H23N9O. The predicted octanol–water partition coefficient (Wildman–Crippen LogP) is 3.56. The van der Waals surface area contributed by atoms with Crippen LogP contribution in [0.25, 0.3) is 22.2 Å². The van der Waals surface area contributed by atoms with Crippen LogP contribution in [0.15, 0.2) is 54.9 Å². The van der Waals surface area contributed by atoms with Crippen LogP contribution >= 0.6 is 0 Å². The summed E-state index contributed by atoms with van der Waals surface area (Å²) in [7, 11) is 1.96. The van der Waals surface area contributed by atoms with E-state index in [1.54, 1.807) is 6.33 Å². The number of fused-ring (bicyclic) bond motifs is 2. The zero-order chi connectivity index (χ0) is 22.2. The van der Waals surface area contributed by atoms with Crippen LogP contribution in [0, 0.1) is 0 Å². The summed E-state index contributed by atoms with van der Waals surface area (Å²) in [6, 6.07) is 16.3. The molecule has 0 bridgehead atoms. The Bertz CT molecular complexity index is 1420. The van der Waals surface area contributed by atoms with Crippen LogP contribution in [0.4, 0.5) is 29.1 Å². The van der Waals surface area contributed by atoms with Crippen molar-refractivity contribution >= 4 is 51.3 Å². The first-order chi connectivity index (χ1) is 16.2. The van der Waals surface area contributed by atoms with Crippen LogP contribution in [0.2, 0.25) is 0 Å². The number of nitrogens with zero attached hydrogens (tertiary/aromatic N) is 6. The summed E-state index contributed by atoms with van der Waals surface area (Å²) in [6.07, 6.45) is 1.62. The zero-order valence-corrected chi connectivity index (χ0v) is 18.1. The normalized spacial score (nSPS) is 14.2. The molecule has 10 heteroatoms. The Balaban J connectivity index is 1.29. The SMILES string of the molecule is Cn1c(Nc2nc(Nc3ccc(N4CCOCC4)cc3)c3[nH]cnc3n2)nc2ccccc21. The van der Waals surface area contributed by atoms with E-state index in [9.17, 15) is 0 Å². The highest BCUT2D eigenvalue weighted by Crippen LogP contribution is 2.27. The van der Waals surface area contributed by atoms with Gasteiger partial charge in [0.05, 0.1) is 30.6 Å². The van der Waals surface area contributed by atoms with Crippen molar-refractivity contribution in [3.63, 3.8) is 0 Å². The first kappa shape index (κ1) is 19.5. The van der Waals surface area contributed by atoms with Gasteiger partial charge in [0.25, 0.3) is 0 Å². The Kier molecular flexibility index (Phi) is 4.76. The summed E-state index contributed by atoms with van der Waals surface area (Å²) in [5, 5.41) is 6.64. The predicted molar refractivity (Wildman–Crippen MR) is 128 cm³/mol. The molecule has 2 aromatic carbocycles. The Morgan fingerprint density at radius 1 is 0.939 bits per heavy atom. The highest BCUT2D eigenvalue weighted by atomic mass is 16.5. The monoisotopic (exact) mass is 441 g/mol. The van der Waals surface area contributed by atoms with Gasteiger partial charge >= 0.3 is 0 Å². The van der Waals surface area contributed by atoms with Gasteiger partial charge in [-0.3, -0.25) is 5.32 Å². The number of morpholine rings is 1. The number of para-hydroxylation sites is 2. The zero-order valence-electron chi connectivity index (χ0n) is 18.1. The molecule has 33 heavy (non-hydrogen) atoms. The third-order valence-electron chi connectivity index (χ3n) is 5.80. The number of aromatic amines is 1. The van der Waals surface area contributed by atoms with Crippen LogP contribution in [-0.4, -0.2) is 55.8 Å². The van der Waals surface area contributed by atoms with E-state index >= 15 is 0 Å². The number of nitrogens with one attached hydrogen (secondary N) is 3. The fourth-order valence-electron chi connectivity index (χ4n) is 4.05. The molecule has 1 aliphatic rings. The molecule has 5 aromatic rings. The Hall–Kier alpha value is -4.18. The second kappa shape index (κ2) is 8.06. The number of H-pyrrole nitrogens is 1. The molecule has 6 rings (SSSR count). The number of aromatic nitrogens is 6. The maximum absolute atomic E-state index is 5.45. The van der Waals surface area contributed by atoms with Crippen LogP contribution < -0.4 is 15.5 Å². The third kappa shape index (κ3) is 3.70. The number of hydrogen-bond donors (Lipinski definition) is 3. The molecule has 1 aliphatic heterocycles. The second-order valence-electron chi connectivity index (χ2n) is 7.88. The van der Waals surface area contributed by atoms with Crippen molar-refractivity contribution in [2.45, 2.75) is 0 Å². The molecule has 166 valence electrons. The van der Waals surface area contributed by atoms with Crippen LogP contribution in [-0.2, 0) is 11.8 Å². The topological polar surface area (TPSA) is 109 Å². The number of rotatable bonds is 5. The number of aryl methyl sites for hydroxylation is 1. The van der Waals surface area contributed by atoms with Gasteiger partial charge in [-0.05, 0) is 36.4 Å². The molecule has 10 nitrogen and oxygen atoms in total. The quantitative estimate of drug-likeness (QED) is 0.380. The van der Waals surface area contributed by atoms with E-state index in [-0.39, 0.29) is 0 Å². The summed E-state index contributed by atoms with van der Waals surface area (Å²) in [5.74, 6) is 1.71. The minimum Gasteiger partial charge on any atom is -0.378 e. The van der Waals surface area contributed by atoms with E-state index in [0.717, 1.165) is 48.5 Å². The molecule has 1 saturated heterocycles. The number of anilines is 5. The average molecular weight is 441 g/mol. The molecule has 0 saturated carbocycles. The van der Waals surface area contributed by atoms with Gasteiger partial charge in [-0.1, -0.05) is 12.1 Å². The van der Waals surface area contributed by atoms with Crippen LogP contribution in [0.5, 0.6) is 0 Å². The first-order valence-corrected chi connectivity index (χ1v) is 10.8. The Morgan fingerprint density at radius 3 is 2.58 bits per heavy atom. The van der Waals surface area contributed by atoms with E-state index in [1.165, 1.54) is 5.69 Å². The largest absolute Gasteiger partial charge is 0.378 e.